The molecule has 6 heteroatoms. The van der Waals surface area contributed by atoms with Gasteiger partial charge in [-0.05, 0) is 138 Å². The number of benzene rings is 1. The third kappa shape index (κ3) is 4.77. The first-order valence-corrected chi connectivity index (χ1v) is 18.3. The third-order valence-electron chi connectivity index (χ3n) is 15.5. The van der Waals surface area contributed by atoms with E-state index in [1.807, 2.05) is 12.1 Å². The molecule has 5 aliphatic rings. The number of carboxylic acid groups (broad SMARTS) is 1. The number of hydrogen-bond acceptors (Lipinski definition) is 4. The van der Waals surface area contributed by atoms with Gasteiger partial charge in [-0.3, -0.25) is 4.79 Å². The summed E-state index contributed by atoms with van der Waals surface area (Å²) < 4.78 is 0. The van der Waals surface area contributed by atoms with Crippen LogP contribution in [0.2, 0.25) is 0 Å². The lowest BCUT2D eigenvalue weighted by Crippen LogP contribution is -2.66. The van der Waals surface area contributed by atoms with Crippen LogP contribution in [0.1, 0.15) is 122 Å². The zero-order chi connectivity index (χ0) is 33.4. The number of carbonyl (C=O) groups excluding carboxylic acids is 1. The Balaban J connectivity index is 1.32. The van der Waals surface area contributed by atoms with Crippen molar-refractivity contribution in [2.75, 3.05) is 20.1 Å². The van der Waals surface area contributed by atoms with Crippen LogP contribution in [-0.2, 0) is 4.79 Å². The van der Waals surface area contributed by atoms with E-state index in [1.54, 1.807) is 19.2 Å². The van der Waals surface area contributed by atoms with Gasteiger partial charge in [0.05, 0.1) is 11.0 Å². The molecule has 1 aromatic rings. The Morgan fingerprint density at radius 3 is 2.24 bits per heavy atom. The molecule has 4 saturated carbocycles. The summed E-state index contributed by atoms with van der Waals surface area (Å²) in [5, 5.41) is 23.6. The molecule has 1 amide bonds. The maximum atomic E-state index is 14.2. The average Bonchev–Trinajstić information content (AvgIpc) is 3.38. The molecular formula is C40H60N2O4. The number of carboxylic acids is 1. The van der Waals surface area contributed by atoms with Crippen LogP contribution >= 0.6 is 0 Å². The van der Waals surface area contributed by atoms with Crippen molar-refractivity contribution < 1.29 is 19.9 Å². The van der Waals surface area contributed by atoms with Crippen LogP contribution in [0.5, 0.6) is 0 Å². The lowest BCUT2D eigenvalue weighted by Gasteiger charge is -2.72. The normalized spacial score (nSPS) is 41.2. The Morgan fingerprint density at radius 1 is 0.913 bits per heavy atom. The second-order valence-corrected chi connectivity index (χ2v) is 17.9. The predicted molar refractivity (Wildman–Crippen MR) is 183 cm³/mol. The van der Waals surface area contributed by atoms with E-state index in [2.05, 4.69) is 59.9 Å². The zero-order valence-electron chi connectivity index (χ0n) is 29.8. The molecule has 3 N–H and O–H groups in total. The molecule has 254 valence electrons. The number of rotatable bonds is 7. The Hall–Kier alpha value is -2.18. The Morgan fingerprint density at radius 2 is 1.61 bits per heavy atom. The van der Waals surface area contributed by atoms with Gasteiger partial charge in [0.2, 0.25) is 5.91 Å². The molecule has 5 aliphatic carbocycles. The molecule has 0 heterocycles. The van der Waals surface area contributed by atoms with Crippen LogP contribution < -0.4 is 5.32 Å². The number of amides is 1. The van der Waals surface area contributed by atoms with Gasteiger partial charge in [-0.15, -0.1) is 0 Å². The van der Waals surface area contributed by atoms with Gasteiger partial charge in [-0.25, -0.2) is 4.79 Å². The number of allylic oxidation sites excluding steroid dienone is 2. The molecule has 6 rings (SSSR count). The first-order valence-electron chi connectivity index (χ1n) is 18.3. The monoisotopic (exact) mass is 632 g/mol. The van der Waals surface area contributed by atoms with Crippen LogP contribution in [0.3, 0.4) is 0 Å². The number of carbonyl (C=O) groups is 2. The molecule has 1 unspecified atom stereocenters. The van der Waals surface area contributed by atoms with Crippen molar-refractivity contribution in [1.29, 1.82) is 0 Å². The van der Waals surface area contributed by atoms with Crippen molar-refractivity contribution in [2.24, 2.45) is 62.6 Å². The van der Waals surface area contributed by atoms with E-state index in [1.165, 1.54) is 31.3 Å². The highest BCUT2D eigenvalue weighted by Crippen LogP contribution is 2.77. The van der Waals surface area contributed by atoms with Crippen LogP contribution in [0.4, 0.5) is 0 Å². The predicted octanol–water partition coefficient (Wildman–Crippen LogP) is 8.55. The summed E-state index contributed by atoms with van der Waals surface area (Å²) in [5.74, 6) is 2.68. The number of nitrogens with one attached hydrogen (secondary N) is 1. The molecule has 0 bridgehead atoms. The smallest absolute Gasteiger partial charge is 0.335 e. The van der Waals surface area contributed by atoms with Crippen molar-refractivity contribution in [3.05, 3.63) is 41.5 Å². The summed E-state index contributed by atoms with van der Waals surface area (Å²) in [5.41, 5.74) is 3.21. The van der Waals surface area contributed by atoms with Gasteiger partial charge in [0.15, 0.2) is 0 Å². The van der Waals surface area contributed by atoms with E-state index in [4.69, 9.17) is 0 Å². The topological polar surface area (TPSA) is 89.9 Å². The van der Waals surface area contributed by atoms with Gasteiger partial charge in [0.25, 0.3) is 0 Å². The maximum Gasteiger partial charge on any atom is 0.335 e. The minimum absolute atomic E-state index is 0.00649. The molecule has 0 spiro atoms. The SMILES string of the molecule is CC(C)[C@@H]1CC[C@]2(C(=O)NCCN(C)O)CC[C@]3(C)[C@H](CCC4[C@@]5(C)CC=C(c6ccc(C(=O)O)cc6)C(C)(C)[C@@H]5CC[C@]43C)[C@@H]12. The van der Waals surface area contributed by atoms with E-state index in [-0.39, 0.29) is 33.0 Å². The fraction of sp³-hybridized carbons (Fsp3) is 0.750. The van der Waals surface area contributed by atoms with Gasteiger partial charge in [-0.2, -0.15) is 5.06 Å². The summed E-state index contributed by atoms with van der Waals surface area (Å²) >= 11 is 0. The summed E-state index contributed by atoms with van der Waals surface area (Å²) in [4.78, 5) is 25.7. The molecule has 0 aromatic heterocycles. The summed E-state index contributed by atoms with van der Waals surface area (Å²) in [6, 6.07) is 7.53. The average molecular weight is 633 g/mol. The second-order valence-electron chi connectivity index (χ2n) is 17.9. The van der Waals surface area contributed by atoms with Crippen LogP contribution in [0, 0.1) is 62.6 Å². The number of nitrogens with zero attached hydrogens (tertiary/aromatic N) is 1. The zero-order valence-corrected chi connectivity index (χ0v) is 29.8. The van der Waals surface area contributed by atoms with Gasteiger partial charge in [0.1, 0.15) is 0 Å². The Labute approximate surface area is 277 Å². The van der Waals surface area contributed by atoms with Crippen LogP contribution in [0.15, 0.2) is 30.3 Å². The molecule has 0 aliphatic heterocycles. The maximum absolute atomic E-state index is 14.2. The number of aromatic carboxylic acids is 1. The second kappa shape index (κ2) is 11.5. The highest BCUT2D eigenvalue weighted by atomic mass is 16.5. The fourth-order valence-corrected chi connectivity index (χ4v) is 13.2. The van der Waals surface area contributed by atoms with Crippen molar-refractivity contribution in [3.8, 4) is 0 Å². The molecule has 4 fully saturated rings. The van der Waals surface area contributed by atoms with Gasteiger partial charge in [-0.1, -0.05) is 66.7 Å². The fourth-order valence-electron chi connectivity index (χ4n) is 13.2. The minimum Gasteiger partial charge on any atom is -0.478 e. The number of hydrogen-bond donors (Lipinski definition) is 3. The highest BCUT2D eigenvalue weighted by molar-refractivity contribution is 5.88. The molecule has 0 saturated heterocycles. The van der Waals surface area contributed by atoms with E-state index in [0.717, 1.165) is 42.7 Å². The third-order valence-corrected chi connectivity index (χ3v) is 15.5. The molecule has 46 heavy (non-hydrogen) atoms. The Bertz CT molecular complexity index is 1380. The van der Waals surface area contributed by atoms with E-state index >= 15 is 0 Å². The van der Waals surface area contributed by atoms with Gasteiger partial charge in [0, 0.05) is 20.1 Å². The Kier molecular flexibility index (Phi) is 8.40. The molecule has 1 aromatic carbocycles. The van der Waals surface area contributed by atoms with E-state index in [9.17, 15) is 19.9 Å². The van der Waals surface area contributed by atoms with Crippen LogP contribution in [0.25, 0.3) is 5.57 Å². The molecule has 9 atom stereocenters. The van der Waals surface area contributed by atoms with Crippen molar-refractivity contribution in [2.45, 2.75) is 106 Å². The number of hydroxylamine groups is 2. The molecule has 0 radical (unpaired) electrons. The standard InChI is InChI=1S/C40H60N2O4/c1-25(2)28-15-20-40(35(45)41-23-24-42(8)46)22-21-38(6)30(33(28)40)13-14-32-37(5)18-16-29(26-9-11-27(12-10-26)34(43)44)36(3,4)31(37)17-19-39(32,38)7/h9-12,16,25,28,30-33,46H,13-15,17-24H2,1-8H3,(H,41,45)(H,43,44)/t28-,30+,31-,32?,33+,37-,38+,39+,40-/m0/s1. The number of fused-ring (bicyclic) bond motifs is 7. The minimum atomic E-state index is -0.876. The summed E-state index contributed by atoms with van der Waals surface area (Å²) in [6.07, 6.45) is 12.8. The summed E-state index contributed by atoms with van der Waals surface area (Å²) in [6.45, 7) is 18.5. The van der Waals surface area contributed by atoms with E-state index in [0.29, 0.717) is 54.2 Å². The van der Waals surface area contributed by atoms with Crippen molar-refractivity contribution >= 4 is 17.4 Å². The van der Waals surface area contributed by atoms with Crippen molar-refractivity contribution in [1.82, 2.24) is 10.4 Å². The lowest BCUT2D eigenvalue weighted by atomic mass is 9.32. The molecule has 6 nitrogen and oxygen atoms in total. The highest BCUT2D eigenvalue weighted by Gasteiger charge is 2.71. The van der Waals surface area contributed by atoms with Crippen molar-refractivity contribution in [3.63, 3.8) is 0 Å². The largest absolute Gasteiger partial charge is 0.478 e. The lowest BCUT2D eigenvalue weighted by molar-refractivity contribution is -0.227. The number of likely N-dealkylation sites (N-methyl/N-ethyl adjacent to an activating group) is 1. The first kappa shape index (κ1) is 33.7. The van der Waals surface area contributed by atoms with Gasteiger partial charge >= 0.3 is 5.97 Å². The quantitative estimate of drug-likeness (QED) is 0.262. The van der Waals surface area contributed by atoms with Crippen LogP contribution in [-0.4, -0.2) is 47.4 Å². The van der Waals surface area contributed by atoms with Gasteiger partial charge < -0.3 is 15.6 Å². The first-order chi connectivity index (χ1) is 21.5. The summed E-state index contributed by atoms with van der Waals surface area (Å²) in [7, 11) is 1.64. The van der Waals surface area contributed by atoms with E-state index < -0.39 is 5.97 Å². The molecular weight excluding hydrogens is 572 g/mol.